The van der Waals surface area contributed by atoms with E-state index in [0.717, 1.165) is 48.2 Å². The lowest BCUT2D eigenvalue weighted by atomic mass is 9.87. The molecule has 1 fully saturated rings. The maximum Gasteiger partial charge on any atom is 0.225 e. The molecule has 1 N–H and O–H groups in total. The third-order valence-corrected chi connectivity index (χ3v) is 6.59. The van der Waals surface area contributed by atoms with Crippen LogP contribution in [0.15, 0.2) is 54.6 Å². The highest BCUT2D eigenvalue weighted by Crippen LogP contribution is 2.33. The van der Waals surface area contributed by atoms with Crippen molar-refractivity contribution < 1.29 is 4.79 Å². The average Bonchev–Trinajstić information content (AvgIpc) is 2.84. The molecule has 2 aromatic carbocycles. The molecule has 1 amide bonds. The smallest absolute Gasteiger partial charge is 0.225 e. The zero-order valence-corrected chi connectivity index (χ0v) is 18.4. The molecule has 4 heteroatoms. The number of nitrogens with one attached hydrogen (secondary N) is 1. The van der Waals surface area contributed by atoms with Crippen LogP contribution in [0.4, 0.5) is 5.82 Å². The van der Waals surface area contributed by atoms with Crippen molar-refractivity contribution in [3.8, 4) is 11.3 Å². The van der Waals surface area contributed by atoms with Crippen LogP contribution in [0.25, 0.3) is 23.4 Å². The molecule has 0 atom stereocenters. The van der Waals surface area contributed by atoms with Crippen LogP contribution in [0.1, 0.15) is 61.0 Å². The Morgan fingerprint density at radius 2 is 1.69 bits per heavy atom. The van der Waals surface area contributed by atoms with E-state index in [9.17, 15) is 4.79 Å². The molecule has 0 spiro atoms. The Morgan fingerprint density at radius 1 is 0.906 bits per heavy atom. The van der Waals surface area contributed by atoms with Gasteiger partial charge in [0.15, 0.2) is 5.82 Å². The van der Waals surface area contributed by atoms with Gasteiger partial charge in [0.2, 0.25) is 5.91 Å². The highest BCUT2D eigenvalue weighted by Gasteiger charge is 2.22. The molecular formula is C28H29N3O. The standard InChI is InChI=1S/C28H29N3O/c32-26(19-21-11-5-2-6-12-21)31-28-25(17-15-20-9-3-1-4-10-20)29-27-23-14-8-7-13-22(23)16-18-24(27)30-28/h1,3-4,7-10,13-15,17,21H,2,5-6,11-12,16,18-19H2,(H,30,31,32). The van der Waals surface area contributed by atoms with E-state index in [2.05, 4.69) is 41.7 Å². The zero-order valence-electron chi connectivity index (χ0n) is 18.4. The summed E-state index contributed by atoms with van der Waals surface area (Å²) < 4.78 is 0. The van der Waals surface area contributed by atoms with Crippen LogP contribution in [-0.4, -0.2) is 15.9 Å². The van der Waals surface area contributed by atoms with E-state index in [1.807, 2.05) is 30.4 Å². The number of benzene rings is 2. The van der Waals surface area contributed by atoms with Gasteiger partial charge in [0, 0.05) is 12.0 Å². The van der Waals surface area contributed by atoms with Crippen molar-refractivity contribution in [2.24, 2.45) is 5.92 Å². The number of aryl methyl sites for hydroxylation is 2. The van der Waals surface area contributed by atoms with Gasteiger partial charge in [-0.3, -0.25) is 4.79 Å². The van der Waals surface area contributed by atoms with E-state index >= 15 is 0 Å². The molecule has 5 rings (SSSR count). The monoisotopic (exact) mass is 423 g/mol. The first-order valence-electron chi connectivity index (χ1n) is 11.8. The quantitative estimate of drug-likeness (QED) is 0.522. The van der Waals surface area contributed by atoms with E-state index < -0.39 is 0 Å². The molecule has 0 saturated heterocycles. The molecule has 1 aromatic heterocycles. The second-order valence-electron chi connectivity index (χ2n) is 8.91. The van der Waals surface area contributed by atoms with Crippen LogP contribution in [0.3, 0.4) is 0 Å². The fourth-order valence-electron chi connectivity index (χ4n) is 4.88. The number of anilines is 1. The highest BCUT2D eigenvalue weighted by atomic mass is 16.1. The molecule has 0 aliphatic heterocycles. The highest BCUT2D eigenvalue weighted by molar-refractivity contribution is 5.92. The molecule has 4 nitrogen and oxygen atoms in total. The maximum absolute atomic E-state index is 12.9. The number of nitrogens with zero attached hydrogens (tertiary/aromatic N) is 2. The first kappa shape index (κ1) is 20.6. The van der Waals surface area contributed by atoms with E-state index in [0.29, 0.717) is 23.9 Å². The molecule has 0 radical (unpaired) electrons. The van der Waals surface area contributed by atoms with E-state index in [1.54, 1.807) is 0 Å². The molecule has 2 aliphatic rings. The molecule has 0 bridgehead atoms. The number of amides is 1. The van der Waals surface area contributed by atoms with E-state index in [4.69, 9.17) is 9.97 Å². The summed E-state index contributed by atoms with van der Waals surface area (Å²) in [6.07, 6.45) is 12.4. The summed E-state index contributed by atoms with van der Waals surface area (Å²) in [5, 5.41) is 3.10. The summed E-state index contributed by atoms with van der Waals surface area (Å²) in [7, 11) is 0. The van der Waals surface area contributed by atoms with Gasteiger partial charge >= 0.3 is 0 Å². The lowest BCUT2D eigenvalue weighted by Crippen LogP contribution is -2.21. The number of fused-ring (bicyclic) bond motifs is 3. The summed E-state index contributed by atoms with van der Waals surface area (Å²) in [6, 6.07) is 18.6. The van der Waals surface area contributed by atoms with Crippen molar-refractivity contribution in [3.05, 3.63) is 77.1 Å². The Kier molecular flexibility index (Phi) is 6.11. The van der Waals surface area contributed by atoms with Crippen LogP contribution in [0.2, 0.25) is 0 Å². The van der Waals surface area contributed by atoms with Gasteiger partial charge in [0.1, 0.15) is 5.69 Å². The molecule has 32 heavy (non-hydrogen) atoms. The summed E-state index contributed by atoms with van der Waals surface area (Å²) in [5.41, 5.74) is 6.16. The number of hydrogen-bond donors (Lipinski definition) is 1. The average molecular weight is 424 g/mol. The number of hydrogen-bond acceptors (Lipinski definition) is 3. The third-order valence-electron chi connectivity index (χ3n) is 6.59. The predicted molar refractivity (Wildman–Crippen MR) is 130 cm³/mol. The Labute approximate surface area is 189 Å². The molecule has 1 heterocycles. The van der Waals surface area contributed by atoms with E-state index in [1.165, 1.54) is 24.8 Å². The van der Waals surface area contributed by atoms with Crippen LogP contribution in [0.5, 0.6) is 0 Å². The van der Waals surface area contributed by atoms with Gasteiger partial charge < -0.3 is 5.32 Å². The van der Waals surface area contributed by atoms with Crippen molar-refractivity contribution in [3.63, 3.8) is 0 Å². The first-order chi connectivity index (χ1) is 15.8. The lowest BCUT2D eigenvalue weighted by molar-refractivity contribution is -0.117. The molecule has 0 unspecified atom stereocenters. The van der Waals surface area contributed by atoms with Crippen molar-refractivity contribution in [1.29, 1.82) is 0 Å². The van der Waals surface area contributed by atoms with E-state index in [-0.39, 0.29) is 5.91 Å². The fourth-order valence-corrected chi connectivity index (χ4v) is 4.88. The fraction of sp³-hybridized carbons (Fsp3) is 0.321. The SMILES string of the molecule is O=C(CC1CCCCC1)Nc1nc2c(nc1C=Cc1ccccc1)-c1ccccc1CC2. The minimum Gasteiger partial charge on any atom is -0.309 e. The van der Waals surface area contributed by atoms with Gasteiger partial charge in [0.05, 0.1) is 11.4 Å². The van der Waals surface area contributed by atoms with Gasteiger partial charge in [-0.15, -0.1) is 0 Å². The normalized spacial score (nSPS) is 15.9. The Balaban J connectivity index is 1.47. The molecule has 2 aliphatic carbocycles. The van der Waals surface area contributed by atoms with Crippen LogP contribution in [-0.2, 0) is 17.6 Å². The first-order valence-corrected chi connectivity index (χ1v) is 11.8. The van der Waals surface area contributed by atoms with Gasteiger partial charge in [-0.05, 0) is 48.8 Å². The van der Waals surface area contributed by atoms with Gasteiger partial charge in [-0.25, -0.2) is 9.97 Å². The predicted octanol–water partition coefficient (Wildman–Crippen LogP) is 6.32. The van der Waals surface area contributed by atoms with Crippen molar-refractivity contribution in [2.75, 3.05) is 5.32 Å². The van der Waals surface area contributed by atoms with Crippen molar-refractivity contribution >= 4 is 23.9 Å². The van der Waals surface area contributed by atoms with Crippen molar-refractivity contribution in [1.82, 2.24) is 9.97 Å². The second-order valence-corrected chi connectivity index (χ2v) is 8.91. The number of carbonyl (C=O) groups excluding carboxylic acids is 1. The van der Waals surface area contributed by atoms with Gasteiger partial charge in [-0.2, -0.15) is 0 Å². The Hall–Kier alpha value is -3.27. The summed E-state index contributed by atoms with van der Waals surface area (Å²) in [5.74, 6) is 1.12. The number of aromatic nitrogens is 2. The second kappa shape index (κ2) is 9.47. The topological polar surface area (TPSA) is 54.9 Å². The summed E-state index contributed by atoms with van der Waals surface area (Å²) in [4.78, 5) is 22.8. The summed E-state index contributed by atoms with van der Waals surface area (Å²) >= 11 is 0. The Bertz CT molecular complexity index is 1130. The minimum absolute atomic E-state index is 0.0525. The number of carbonyl (C=O) groups is 1. The minimum atomic E-state index is 0.0525. The van der Waals surface area contributed by atoms with Crippen LogP contribution >= 0.6 is 0 Å². The van der Waals surface area contributed by atoms with Crippen LogP contribution in [0, 0.1) is 5.92 Å². The Morgan fingerprint density at radius 3 is 2.53 bits per heavy atom. The number of rotatable bonds is 5. The van der Waals surface area contributed by atoms with Gasteiger partial charge in [0.25, 0.3) is 0 Å². The largest absolute Gasteiger partial charge is 0.309 e. The molecule has 1 saturated carbocycles. The third kappa shape index (κ3) is 4.64. The maximum atomic E-state index is 12.9. The molecule has 3 aromatic rings. The molecular weight excluding hydrogens is 394 g/mol. The lowest BCUT2D eigenvalue weighted by Gasteiger charge is -2.22. The molecule has 162 valence electrons. The van der Waals surface area contributed by atoms with Crippen LogP contribution < -0.4 is 5.32 Å². The zero-order chi connectivity index (χ0) is 21.8. The summed E-state index contributed by atoms with van der Waals surface area (Å²) in [6.45, 7) is 0. The van der Waals surface area contributed by atoms with Gasteiger partial charge in [-0.1, -0.05) is 79.9 Å². The van der Waals surface area contributed by atoms with Crippen molar-refractivity contribution in [2.45, 2.75) is 51.4 Å².